The average molecular weight is 487 g/mol. The number of hydrogen-bond acceptors (Lipinski definition) is 7. The van der Waals surface area contributed by atoms with Crippen molar-refractivity contribution >= 4 is 35.6 Å². The number of nitrogens with two attached hydrogens (primary N) is 4. The number of carboxylic acid groups (broad SMARTS) is 1. The standard InChI is InChI=1S/C20H38N8O6/c1-10(2)9-12(21)17(31)26-11(3)16(30)27-13(6-7-15(22)29)18(32)28-14(19(33)34)5-4-8-25-20(23)24/h10-14H,4-9,21H2,1-3H3,(H2,22,29)(H,26,31)(H,27,30)(H,28,32)(H,33,34)(H4,23,24,25). The van der Waals surface area contributed by atoms with E-state index in [-0.39, 0.29) is 44.1 Å². The van der Waals surface area contributed by atoms with Crippen LogP contribution in [-0.2, 0) is 24.0 Å². The third-order valence-corrected chi connectivity index (χ3v) is 4.69. The van der Waals surface area contributed by atoms with Crippen LogP contribution in [0.2, 0.25) is 0 Å². The molecule has 0 aromatic rings. The molecule has 0 saturated heterocycles. The number of amides is 4. The van der Waals surface area contributed by atoms with Crippen LogP contribution in [0, 0.1) is 5.92 Å². The first-order chi connectivity index (χ1) is 15.7. The summed E-state index contributed by atoms with van der Waals surface area (Å²) in [7, 11) is 0. The van der Waals surface area contributed by atoms with Gasteiger partial charge in [0.1, 0.15) is 18.1 Å². The quantitative estimate of drug-likeness (QED) is 0.0637. The number of rotatable bonds is 16. The zero-order chi connectivity index (χ0) is 26.4. The molecule has 0 spiro atoms. The predicted octanol–water partition coefficient (Wildman–Crippen LogP) is -2.76. The Bertz CT molecular complexity index is 753. The summed E-state index contributed by atoms with van der Waals surface area (Å²) < 4.78 is 0. The Morgan fingerprint density at radius 1 is 0.853 bits per heavy atom. The van der Waals surface area contributed by atoms with Crippen LogP contribution in [0.5, 0.6) is 0 Å². The molecule has 14 heteroatoms. The van der Waals surface area contributed by atoms with Crippen LogP contribution >= 0.6 is 0 Å². The second-order valence-electron chi connectivity index (χ2n) is 8.38. The molecule has 0 aromatic carbocycles. The van der Waals surface area contributed by atoms with E-state index in [4.69, 9.17) is 22.9 Å². The Hall–Kier alpha value is -3.42. The number of carboxylic acids is 1. The van der Waals surface area contributed by atoms with Gasteiger partial charge >= 0.3 is 5.97 Å². The summed E-state index contributed by atoms with van der Waals surface area (Å²) >= 11 is 0. The number of nitrogens with zero attached hydrogens (tertiary/aromatic N) is 1. The van der Waals surface area contributed by atoms with E-state index in [1.165, 1.54) is 6.92 Å². The zero-order valence-corrected chi connectivity index (χ0v) is 19.9. The fraction of sp³-hybridized carbons (Fsp3) is 0.700. The maximum Gasteiger partial charge on any atom is 0.326 e. The first kappa shape index (κ1) is 30.6. The van der Waals surface area contributed by atoms with Crippen molar-refractivity contribution in [2.75, 3.05) is 6.54 Å². The highest BCUT2D eigenvalue weighted by molar-refractivity contribution is 5.94. The van der Waals surface area contributed by atoms with Crippen LogP contribution in [-0.4, -0.2) is 71.4 Å². The lowest BCUT2D eigenvalue weighted by molar-refractivity contribution is -0.142. The van der Waals surface area contributed by atoms with Crippen molar-refractivity contribution in [1.82, 2.24) is 16.0 Å². The van der Waals surface area contributed by atoms with E-state index in [9.17, 15) is 29.1 Å². The van der Waals surface area contributed by atoms with Gasteiger partial charge in [-0.05, 0) is 38.5 Å². The Morgan fingerprint density at radius 3 is 1.94 bits per heavy atom. The van der Waals surface area contributed by atoms with E-state index in [0.717, 1.165) is 0 Å². The van der Waals surface area contributed by atoms with E-state index >= 15 is 0 Å². The number of aliphatic carboxylic acids is 1. The highest BCUT2D eigenvalue weighted by Crippen LogP contribution is 2.05. The van der Waals surface area contributed by atoms with Crippen molar-refractivity contribution in [3.05, 3.63) is 0 Å². The molecule has 4 atom stereocenters. The van der Waals surface area contributed by atoms with Gasteiger partial charge < -0.3 is 44.0 Å². The highest BCUT2D eigenvalue weighted by Gasteiger charge is 2.29. The molecule has 34 heavy (non-hydrogen) atoms. The third-order valence-electron chi connectivity index (χ3n) is 4.69. The molecule has 0 aliphatic rings. The predicted molar refractivity (Wildman–Crippen MR) is 125 cm³/mol. The first-order valence-corrected chi connectivity index (χ1v) is 11.0. The molecule has 0 heterocycles. The van der Waals surface area contributed by atoms with E-state index in [2.05, 4.69) is 20.9 Å². The van der Waals surface area contributed by atoms with Crippen molar-refractivity contribution in [2.24, 2.45) is 33.8 Å². The molecular weight excluding hydrogens is 448 g/mol. The van der Waals surface area contributed by atoms with Crippen LogP contribution in [0.3, 0.4) is 0 Å². The van der Waals surface area contributed by atoms with Crippen molar-refractivity contribution < 1.29 is 29.1 Å². The summed E-state index contributed by atoms with van der Waals surface area (Å²) in [6.45, 7) is 5.37. The molecule has 0 saturated carbocycles. The van der Waals surface area contributed by atoms with Crippen molar-refractivity contribution in [2.45, 2.75) is 77.0 Å². The van der Waals surface area contributed by atoms with Gasteiger partial charge in [-0.25, -0.2) is 4.79 Å². The van der Waals surface area contributed by atoms with Crippen molar-refractivity contribution in [3.8, 4) is 0 Å². The van der Waals surface area contributed by atoms with Gasteiger partial charge in [-0.2, -0.15) is 0 Å². The number of carbonyl (C=O) groups excluding carboxylic acids is 4. The molecule has 0 aromatic heterocycles. The van der Waals surface area contributed by atoms with Crippen LogP contribution in [0.15, 0.2) is 4.99 Å². The minimum Gasteiger partial charge on any atom is -0.480 e. The van der Waals surface area contributed by atoms with E-state index in [0.29, 0.717) is 6.42 Å². The Morgan fingerprint density at radius 2 is 1.44 bits per heavy atom. The molecule has 0 fully saturated rings. The number of primary amides is 1. The topological polar surface area (TPSA) is 258 Å². The molecular formula is C20H38N8O6. The highest BCUT2D eigenvalue weighted by atomic mass is 16.4. The normalized spacial score (nSPS) is 14.3. The zero-order valence-electron chi connectivity index (χ0n) is 19.9. The number of aliphatic imine (C=N–C) groups is 1. The van der Waals surface area contributed by atoms with Gasteiger partial charge in [0.15, 0.2) is 5.96 Å². The molecule has 0 aliphatic heterocycles. The molecule has 12 N–H and O–H groups in total. The molecule has 4 unspecified atom stereocenters. The largest absolute Gasteiger partial charge is 0.480 e. The molecule has 194 valence electrons. The lowest BCUT2D eigenvalue weighted by Gasteiger charge is -2.23. The van der Waals surface area contributed by atoms with Crippen molar-refractivity contribution in [1.29, 1.82) is 0 Å². The lowest BCUT2D eigenvalue weighted by atomic mass is 10.0. The monoisotopic (exact) mass is 486 g/mol. The molecule has 0 bridgehead atoms. The van der Waals surface area contributed by atoms with Crippen LogP contribution in [0.1, 0.15) is 52.9 Å². The maximum atomic E-state index is 12.7. The van der Waals surface area contributed by atoms with E-state index in [1.54, 1.807) is 0 Å². The minimum atomic E-state index is -1.29. The lowest BCUT2D eigenvalue weighted by Crippen LogP contribution is -2.56. The van der Waals surface area contributed by atoms with Gasteiger partial charge in [-0.3, -0.25) is 24.2 Å². The Kier molecular flexibility index (Phi) is 13.9. The van der Waals surface area contributed by atoms with Gasteiger partial charge in [-0.15, -0.1) is 0 Å². The number of nitrogens with one attached hydrogen (secondary N) is 3. The molecule has 14 nitrogen and oxygen atoms in total. The van der Waals surface area contributed by atoms with E-state index in [1.807, 2.05) is 13.8 Å². The second-order valence-corrected chi connectivity index (χ2v) is 8.38. The van der Waals surface area contributed by atoms with Gasteiger partial charge in [0.25, 0.3) is 0 Å². The van der Waals surface area contributed by atoms with Crippen molar-refractivity contribution in [3.63, 3.8) is 0 Å². The summed E-state index contributed by atoms with van der Waals surface area (Å²) in [5.41, 5.74) is 21.4. The summed E-state index contributed by atoms with van der Waals surface area (Å²) in [5.74, 6) is -4.03. The van der Waals surface area contributed by atoms with E-state index < -0.39 is 53.8 Å². The van der Waals surface area contributed by atoms with Gasteiger partial charge in [0, 0.05) is 13.0 Å². The second kappa shape index (κ2) is 15.4. The van der Waals surface area contributed by atoms with Gasteiger partial charge in [0.2, 0.25) is 23.6 Å². The fourth-order valence-corrected chi connectivity index (χ4v) is 2.89. The van der Waals surface area contributed by atoms with Crippen LogP contribution in [0.25, 0.3) is 0 Å². The number of guanidine groups is 1. The molecule has 0 rings (SSSR count). The Labute approximate surface area is 198 Å². The smallest absolute Gasteiger partial charge is 0.326 e. The summed E-state index contributed by atoms with van der Waals surface area (Å²) in [6.07, 6.45) is 0.312. The SMILES string of the molecule is CC(C)CC(N)C(=O)NC(C)C(=O)NC(CCC(N)=O)C(=O)NC(CCCN=C(N)N)C(=O)O. The number of hydrogen-bond donors (Lipinski definition) is 8. The molecule has 0 aliphatic carbocycles. The maximum absolute atomic E-state index is 12.7. The summed E-state index contributed by atoms with van der Waals surface area (Å²) in [6, 6.07) is -4.38. The van der Waals surface area contributed by atoms with Gasteiger partial charge in [-0.1, -0.05) is 13.8 Å². The first-order valence-electron chi connectivity index (χ1n) is 11.0. The Balaban J connectivity index is 5.18. The molecule has 4 amide bonds. The minimum absolute atomic E-state index is 0.0224. The number of carbonyl (C=O) groups is 5. The molecule has 0 radical (unpaired) electrons. The summed E-state index contributed by atoms with van der Waals surface area (Å²) in [5, 5.41) is 16.6. The van der Waals surface area contributed by atoms with Crippen LogP contribution < -0.4 is 38.9 Å². The average Bonchev–Trinajstić information content (AvgIpc) is 2.71. The summed E-state index contributed by atoms with van der Waals surface area (Å²) in [4.78, 5) is 63.9. The third kappa shape index (κ3) is 13.2. The van der Waals surface area contributed by atoms with Gasteiger partial charge in [0.05, 0.1) is 6.04 Å². The van der Waals surface area contributed by atoms with Crippen LogP contribution in [0.4, 0.5) is 0 Å². The fourth-order valence-electron chi connectivity index (χ4n) is 2.89.